The van der Waals surface area contributed by atoms with E-state index in [1.54, 1.807) is 0 Å². The van der Waals surface area contributed by atoms with Gasteiger partial charge in [-0.1, -0.05) is 13.3 Å². The zero-order chi connectivity index (χ0) is 13.8. The van der Waals surface area contributed by atoms with Crippen LogP contribution in [-0.4, -0.2) is 33.6 Å². The van der Waals surface area contributed by atoms with Crippen LogP contribution in [0.3, 0.4) is 0 Å². The summed E-state index contributed by atoms with van der Waals surface area (Å²) >= 11 is 0. The largest absolute Gasteiger partial charge is 0.331 e. The van der Waals surface area contributed by atoms with Gasteiger partial charge >= 0.3 is 0 Å². The minimum atomic E-state index is 0.323. The van der Waals surface area contributed by atoms with E-state index in [4.69, 9.17) is 5.73 Å². The Morgan fingerprint density at radius 3 is 2.74 bits per heavy atom. The maximum Gasteiger partial charge on any atom is 0.0951 e. The van der Waals surface area contributed by atoms with Gasteiger partial charge in [-0.25, -0.2) is 4.98 Å². The molecule has 0 radical (unpaired) electrons. The van der Waals surface area contributed by atoms with Gasteiger partial charge in [-0.15, -0.1) is 0 Å². The van der Waals surface area contributed by atoms with Gasteiger partial charge in [-0.05, 0) is 39.7 Å². The van der Waals surface area contributed by atoms with Crippen molar-refractivity contribution >= 4 is 0 Å². The number of imidazole rings is 1. The molecule has 0 amide bonds. The van der Waals surface area contributed by atoms with E-state index in [0.29, 0.717) is 18.6 Å². The molecular weight excluding hydrogens is 236 g/mol. The standard InChI is InChI=1S/C15H28N4/c1-4-5-8-18(13-6-7-13)14(9-16)15-10-17-11-19(15)12(2)3/h10-14H,4-9,16H2,1-3H3. The first-order valence-electron chi connectivity index (χ1n) is 7.66. The lowest BCUT2D eigenvalue weighted by Gasteiger charge is -2.32. The van der Waals surface area contributed by atoms with Crippen LogP contribution in [0.2, 0.25) is 0 Å². The number of hydrogen-bond donors (Lipinski definition) is 1. The Labute approximate surface area is 117 Å². The second kappa shape index (κ2) is 6.53. The second-order valence-corrected chi connectivity index (χ2v) is 5.89. The summed E-state index contributed by atoms with van der Waals surface area (Å²) in [5.41, 5.74) is 7.37. The van der Waals surface area contributed by atoms with E-state index < -0.39 is 0 Å². The number of aromatic nitrogens is 2. The summed E-state index contributed by atoms with van der Waals surface area (Å²) in [6.07, 6.45) is 9.09. The molecule has 1 aliphatic carbocycles. The van der Waals surface area contributed by atoms with Crippen molar-refractivity contribution in [2.75, 3.05) is 13.1 Å². The molecule has 1 aromatic heterocycles. The van der Waals surface area contributed by atoms with E-state index in [-0.39, 0.29) is 0 Å². The molecule has 4 heteroatoms. The molecule has 1 fully saturated rings. The van der Waals surface area contributed by atoms with E-state index in [1.807, 2.05) is 12.5 Å². The predicted molar refractivity (Wildman–Crippen MR) is 79.0 cm³/mol. The van der Waals surface area contributed by atoms with Gasteiger partial charge in [0.05, 0.1) is 18.1 Å². The third-order valence-corrected chi connectivity index (χ3v) is 4.00. The Hall–Kier alpha value is -0.870. The second-order valence-electron chi connectivity index (χ2n) is 5.89. The van der Waals surface area contributed by atoms with Crippen LogP contribution < -0.4 is 5.73 Å². The quantitative estimate of drug-likeness (QED) is 0.785. The van der Waals surface area contributed by atoms with Gasteiger partial charge in [0, 0.05) is 24.8 Å². The fourth-order valence-electron chi connectivity index (χ4n) is 2.77. The van der Waals surface area contributed by atoms with E-state index in [1.165, 1.54) is 31.4 Å². The predicted octanol–water partition coefficient (Wildman–Crippen LogP) is 2.73. The minimum absolute atomic E-state index is 0.323. The van der Waals surface area contributed by atoms with Crippen LogP contribution in [0.4, 0.5) is 0 Å². The zero-order valence-corrected chi connectivity index (χ0v) is 12.5. The molecule has 1 atom stereocenters. The van der Waals surface area contributed by atoms with Gasteiger partial charge in [-0.2, -0.15) is 0 Å². The monoisotopic (exact) mass is 264 g/mol. The Morgan fingerprint density at radius 2 is 2.21 bits per heavy atom. The zero-order valence-electron chi connectivity index (χ0n) is 12.5. The summed E-state index contributed by atoms with van der Waals surface area (Å²) in [6.45, 7) is 8.49. The number of rotatable bonds is 8. The Balaban J connectivity index is 2.18. The smallest absolute Gasteiger partial charge is 0.0951 e. The average Bonchev–Trinajstić information content (AvgIpc) is 3.11. The summed E-state index contributed by atoms with van der Waals surface area (Å²) in [7, 11) is 0. The average molecular weight is 264 g/mol. The highest BCUT2D eigenvalue weighted by atomic mass is 15.2. The first kappa shape index (κ1) is 14.5. The van der Waals surface area contributed by atoms with Crippen LogP contribution in [0.25, 0.3) is 0 Å². The molecule has 0 aliphatic heterocycles. The molecule has 0 spiro atoms. The molecule has 1 aliphatic rings. The fourth-order valence-corrected chi connectivity index (χ4v) is 2.77. The van der Waals surface area contributed by atoms with Gasteiger partial charge in [0.1, 0.15) is 0 Å². The van der Waals surface area contributed by atoms with Crippen LogP contribution in [0.5, 0.6) is 0 Å². The van der Waals surface area contributed by atoms with Crippen LogP contribution in [0, 0.1) is 0 Å². The Morgan fingerprint density at radius 1 is 1.47 bits per heavy atom. The summed E-state index contributed by atoms with van der Waals surface area (Å²) < 4.78 is 2.26. The van der Waals surface area contributed by atoms with Gasteiger partial charge in [-0.3, -0.25) is 4.90 Å². The molecule has 1 saturated carbocycles. The SMILES string of the molecule is CCCCN(C1CC1)C(CN)c1cncn1C(C)C. The van der Waals surface area contributed by atoms with Gasteiger partial charge in [0.15, 0.2) is 0 Å². The fraction of sp³-hybridized carbons (Fsp3) is 0.800. The van der Waals surface area contributed by atoms with Crippen molar-refractivity contribution in [1.82, 2.24) is 14.5 Å². The van der Waals surface area contributed by atoms with E-state index in [0.717, 1.165) is 12.6 Å². The Bertz CT molecular complexity index is 381. The molecule has 1 heterocycles. The molecule has 0 aromatic carbocycles. The maximum atomic E-state index is 6.09. The van der Waals surface area contributed by atoms with Crippen LogP contribution >= 0.6 is 0 Å². The van der Waals surface area contributed by atoms with Crippen molar-refractivity contribution in [3.8, 4) is 0 Å². The third kappa shape index (κ3) is 3.37. The van der Waals surface area contributed by atoms with Crippen LogP contribution in [0.1, 0.15) is 64.2 Å². The molecule has 1 unspecified atom stereocenters. The maximum absolute atomic E-state index is 6.09. The number of nitrogens with zero attached hydrogens (tertiary/aromatic N) is 3. The summed E-state index contributed by atoms with van der Waals surface area (Å²) in [5.74, 6) is 0. The van der Waals surface area contributed by atoms with Crippen molar-refractivity contribution in [2.45, 2.75) is 64.6 Å². The first-order valence-corrected chi connectivity index (χ1v) is 7.66. The molecule has 0 saturated heterocycles. The molecule has 108 valence electrons. The number of unbranched alkanes of at least 4 members (excludes halogenated alkanes) is 1. The van der Waals surface area contributed by atoms with Gasteiger partial charge in [0.2, 0.25) is 0 Å². The lowest BCUT2D eigenvalue weighted by atomic mass is 10.1. The molecule has 2 rings (SSSR count). The van der Waals surface area contributed by atoms with Crippen LogP contribution in [0.15, 0.2) is 12.5 Å². The third-order valence-electron chi connectivity index (χ3n) is 4.00. The number of nitrogens with two attached hydrogens (primary N) is 1. The van der Waals surface area contributed by atoms with Crippen molar-refractivity contribution in [2.24, 2.45) is 5.73 Å². The lowest BCUT2D eigenvalue weighted by Crippen LogP contribution is -2.37. The normalized spacial score (nSPS) is 17.4. The summed E-state index contributed by atoms with van der Waals surface area (Å²) in [6, 6.07) is 1.51. The minimum Gasteiger partial charge on any atom is -0.331 e. The summed E-state index contributed by atoms with van der Waals surface area (Å²) in [4.78, 5) is 6.95. The highest BCUT2D eigenvalue weighted by molar-refractivity contribution is 5.09. The van der Waals surface area contributed by atoms with E-state index in [2.05, 4.69) is 35.2 Å². The van der Waals surface area contributed by atoms with E-state index >= 15 is 0 Å². The van der Waals surface area contributed by atoms with Gasteiger partial charge < -0.3 is 10.3 Å². The van der Waals surface area contributed by atoms with Crippen molar-refractivity contribution in [3.05, 3.63) is 18.2 Å². The molecular formula is C15H28N4. The van der Waals surface area contributed by atoms with Crippen molar-refractivity contribution in [1.29, 1.82) is 0 Å². The highest BCUT2D eigenvalue weighted by Crippen LogP contribution is 2.34. The topological polar surface area (TPSA) is 47.1 Å². The van der Waals surface area contributed by atoms with Crippen molar-refractivity contribution < 1.29 is 0 Å². The molecule has 1 aromatic rings. The van der Waals surface area contributed by atoms with Crippen molar-refractivity contribution in [3.63, 3.8) is 0 Å². The van der Waals surface area contributed by atoms with Crippen LogP contribution in [-0.2, 0) is 0 Å². The lowest BCUT2D eigenvalue weighted by molar-refractivity contribution is 0.180. The summed E-state index contributed by atoms with van der Waals surface area (Å²) in [5, 5.41) is 0. The van der Waals surface area contributed by atoms with Gasteiger partial charge in [0.25, 0.3) is 0 Å². The van der Waals surface area contributed by atoms with E-state index in [9.17, 15) is 0 Å². The Kier molecular flexibility index (Phi) is 4.99. The molecule has 0 bridgehead atoms. The first-order chi connectivity index (χ1) is 9.19. The number of hydrogen-bond acceptors (Lipinski definition) is 3. The molecule has 2 N–H and O–H groups in total. The molecule has 19 heavy (non-hydrogen) atoms. The highest BCUT2D eigenvalue weighted by Gasteiger charge is 2.34. The molecule has 4 nitrogen and oxygen atoms in total.